The highest BCUT2D eigenvalue weighted by atomic mass is 35.5. The van der Waals surface area contributed by atoms with Crippen LogP contribution in [0.3, 0.4) is 0 Å². The van der Waals surface area contributed by atoms with Crippen LogP contribution < -0.4 is 10.1 Å². The van der Waals surface area contributed by atoms with Crippen LogP contribution in [0.25, 0.3) is 5.57 Å². The molecule has 2 atom stereocenters. The van der Waals surface area contributed by atoms with Gasteiger partial charge in [-0.2, -0.15) is 0 Å². The Kier molecular flexibility index (Phi) is 5.07. The first-order valence-electron chi connectivity index (χ1n) is 10.2. The first-order chi connectivity index (χ1) is 15.4. The maximum atomic E-state index is 13.6. The number of allylic oxidation sites excluding steroid dienone is 1. The van der Waals surface area contributed by atoms with Gasteiger partial charge in [0.2, 0.25) is 5.91 Å². The van der Waals surface area contributed by atoms with Crippen molar-refractivity contribution in [2.75, 3.05) is 12.4 Å². The second kappa shape index (κ2) is 7.80. The van der Waals surface area contributed by atoms with E-state index in [2.05, 4.69) is 5.32 Å². The Labute approximate surface area is 195 Å². The van der Waals surface area contributed by atoms with Crippen LogP contribution in [0, 0.1) is 0 Å². The van der Waals surface area contributed by atoms with Gasteiger partial charge in [-0.25, -0.2) is 0 Å². The molecule has 4 nitrogen and oxygen atoms in total. The van der Waals surface area contributed by atoms with Crippen molar-refractivity contribution >= 4 is 46.2 Å². The molecule has 32 heavy (non-hydrogen) atoms. The SMILES string of the molecule is COc1ccc(C2=C[C@]3(C(=O)Nc4cc(Cl)ccc43)[C@H](c3cccc(Cl)c3)CC2=O)cc1. The summed E-state index contributed by atoms with van der Waals surface area (Å²) >= 11 is 12.5. The molecule has 1 spiro atoms. The maximum absolute atomic E-state index is 13.6. The highest BCUT2D eigenvalue weighted by molar-refractivity contribution is 6.31. The number of rotatable bonds is 3. The minimum atomic E-state index is -1.06. The zero-order valence-electron chi connectivity index (χ0n) is 17.2. The summed E-state index contributed by atoms with van der Waals surface area (Å²) < 4.78 is 5.24. The van der Waals surface area contributed by atoms with Crippen LogP contribution in [-0.4, -0.2) is 18.8 Å². The number of nitrogens with one attached hydrogen (secondary N) is 1. The lowest BCUT2D eigenvalue weighted by atomic mass is 9.61. The van der Waals surface area contributed by atoms with Crippen LogP contribution >= 0.6 is 23.2 Å². The number of anilines is 1. The molecule has 5 rings (SSSR count). The van der Waals surface area contributed by atoms with Crippen LogP contribution in [0.1, 0.15) is 29.0 Å². The van der Waals surface area contributed by atoms with Gasteiger partial charge in [-0.3, -0.25) is 9.59 Å². The Morgan fingerprint density at radius 1 is 0.969 bits per heavy atom. The number of ether oxygens (including phenoxy) is 1. The highest BCUT2D eigenvalue weighted by Crippen LogP contribution is 2.54. The van der Waals surface area contributed by atoms with Crippen molar-refractivity contribution < 1.29 is 14.3 Å². The minimum absolute atomic E-state index is 0.0269. The number of Topliss-reactive ketones (excluding diaryl/α,β-unsaturated/α-hetero) is 1. The molecule has 0 saturated carbocycles. The molecule has 0 radical (unpaired) electrons. The minimum Gasteiger partial charge on any atom is -0.497 e. The number of halogens is 2. The van der Waals surface area contributed by atoms with Crippen LogP contribution in [-0.2, 0) is 15.0 Å². The van der Waals surface area contributed by atoms with Gasteiger partial charge in [-0.15, -0.1) is 0 Å². The standard InChI is InChI=1S/C26H19Cl2NO3/c1-32-19-8-5-15(6-9-19)20-14-26(21-10-7-18(28)12-23(21)29-25(26)31)22(13-24(20)30)16-3-2-4-17(27)11-16/h2-12,14,22H,13H2,1H3,(H,29,31)/t22-,26+/m0/s1. The largest absolute Gasteiger partial charge is 0.497 e. The van der Waals surface area contributed by atoms with Gasteiger partial charge in [0.15, 0.2) is 5.78 Å². The lowest BCUT2D eigenvalue weighted by molar-refractivity contribution is -0.121. The summed E-state index contributed by atoms with van der Waals surface area (Å²) in [5.41, 5.74) is 2.51. The molecule has 6 heteroatoms. The first-order valence-corrected chi connectivity index (χ1v) is 11.0. The number of fused-ring (bicyclic) bond motifs is 2. The predicted octanol–water partition coefficient (Wildman–Crippen LogP) is 6.03. The molecule has 1 aliphatic carbocycles. The molecule has 2 aliphatic rings. The summed E-state index contributed by atoms with van der Waals surface area (Å²) in [7, 11) is 1.59. The van der Waals surface area contributed by atoms with Gasteiger partial charge in [0.1, 0.15) is 11.2 Å². The second-order valence-corrected chi connectivity index (χ2v) is 8.91. The van der Waals surface area contributed by atoms with Gasteiger partial charge >= 0.3 is 0 Å². The van der Waals surface area contributed by atoms with Gasteiger partial charge in [0.05, 0.1) is 7.11 Å². The molecule has 1 amide bonds. The Morgan fingerprint density at radius 3 is 2.44 bits per heavy atom. The topological polar surface area (TPSA) is 55.4 Å². The van der Waals surface area contributed by atoms with Crippen molar-refractivity contribution in [3.8, 4) is 5.75 Å². The Bertz CT molecular complexity index is 1280. The van der Waals surface area contributed by atoms with Gasteiger partial charge in [0, 0.05) is 33.6 Å². The number of hydrogen-bond donors (Lipinski definition) is 1. The number of carbonyl (C=O) groups is 2. The monoisotopic (exact) mass is 463 g/mol. The maximum Gasteiger partial charge on any atom is 0.239 e. The lowest BCUT2D eigenvalue weighted by Crippen LogP contribution is -2.43. The molecule has 0 fully saturated rings. The van der Waals surface area contributed by atoms with E-state index < -0.39 is 11.3 Å². The van der Waals surface area contributed by atoms with E-state index in [4.69, 9.17) is 27.9 Å². The van der Waals surface area contributed by atoms with Crippen molar-refractivity contribution in [2.45, 2.75) is 17.8 Å². The van der Waals surface area contributed by atoms with Gasteiger partial charge in [-0.1, -0.05) is 59.6 Å². The molecule has 1 N–H and O–H groups in total. The molecule has 0 unspecified atom stereocenters. The number of methoxy groups -OCH3 is 1. The van der Waals surface area contributed by atoms with Crippen LogP contribution in [0.4, 0.5) is 5.69 Å². The molecule has 160 valence electrons. The fourth-order valence-electron chi connectivity index (χ4n) is 4.80. The molecule has 0 aromatic heterocycles. The molecule has 1 heterocycles. The van der Waals surface area contributed by atoms with E-state index in [0.29, 0.717) is 27.1 Å². The third kappa shape index (κ3) is 3.22. The quantitative estimate of drug-likeness (QED) is 0.515. The molecule has 0 saturated heterocycles. The van der Waals surface area contributed by atoms with Gasteiger partial charge in [0.25, 0.3) is 0 Å². The van der Waals surface area contributed by atoms with E-state index in [1.165, 1.54) is 0 Å². The predicted molar refractivity (Wildman–Crippen MR) is 127 cm³/mol. The van der Waals surface area contributed by atoms with E-state index in [1.807, 2.05) is 54.6 Å². The Morgan fingerprint density at radius 2 is 1.72 bits per heavy atom. The first kappa shape index (κ1) is 20.8. The molecule has 1 aliphatic heterocycles. The zero-order valence-corrected chi connectivity index (χ0v) is 18.7. The molecular weight excluding hydrogens is 445 g/mol. The summed E-state index contributed by atoms with van der Waals surface area (Å²) in [6.07, 6.45) is 2.00. The van der Waals surface area contributed by atoms with E-state index in [1.54, 1.807) is 25.3 Å². The number of hydrogen-bond acceptors (Lipinski definition) is 3. The number of amides is 1. The third-order valence-corrected chi connectivity index (χ3v) is 6.79. The zero-order chi connectivity index (χ0) is 22.5. The second-order valence-electron chi connectivity index (χ2n) is 8.03. The van der Waals surface area contributed by atoms with Crippen LogP contribution in [0.15, 0.2) is 72.8 Å². The van der Waals surface area contributed by atoms with Gasteiger partial charge < -0.3 is 10.1 Å². The summed E-state index contributed by atoms with van der Waals surface area (Å²) in [6.45, 7) is 0. The van der Waals surface area contributed by atoms with E-state index in [9.17, 15) is 9.59 Å². The Hall–Kier alpha value is -3.08. The summed E-state index contributed by atoms with van der Waals surface area (Å²) in [6, 6.07) is 20.0. The van der Waals surface area contributed by atoms with E-state index in [-0.39, 0.29) is 18.1 Å². The molecule has 3 aromatic rings. The summed E-state index contributed by atoms with van der Waals surface area (Å²) in [5.74, 6) is 0.0834. The normalized spacial score (nSPS) is 21.8. The van der Waals surface area contributed by atoms with E-state index in [0.717, 1.165) is 16.7 Å². The average Bonchev–Trinajstić information content (AvgIpc) is 3.05. The number of ketones is 1. The smallest absolute Gasteiger partial charge is 0.239 e. The van der Waals surface area contributed by atoms with Crippen molar-refractivity contribution in [1.29, 1.82) is 0 Å². The fourth-order valence-corrected chi connectivity index (χ4v) is 5.17. The van der Waals surface area contributed by atoms with Crippen molar-refractivity contribution in [1.82, 2.24) is 0 Å². The fraction of sp³-hybridized carbons (Fsp3) is 0.154. The molecule has 0 bridgehead atoms. The van der Waals surface area contributed by atoms with E-state index >= 15 is 0 Å². The molecular formula is C26H19Cl2NO3. The van der Waals surface area contributed by atoms with Crippen LogP contribution in [0.5, 0.6) is 5.75 Å². The van der Waals surface area contributed by atoms with Gasteiger partial charge in [-0.05, 0) is 53.1 Å². The number of carbonyl (C=O) groups excluding carboxylic acids is 2. The third-order valence-electron chi connectivity index (χ3n) is 6.31. The highest BCUT2D eigenvalue weighted by Gasteiger charge is 2.54. The summed E-state index contributed by atoms with van der Waals surface area (Å²) in [5, 5.41) is 4.08. The van der Waals surface area contributed by atoms with Crippen molar-refractivity contribution in [3.05, 3.63) is 99.5 Å². The lowest BCUT2D eigenvalue weighted by Gasteiger charge is -2.38. The number of benzene rings is 3. The average molecular weight is 464 g/mol. The summed E-state index contributed by atoms with van der Waals surface area (Å²) in [4.78, 5) is 27.0. The molecule has 3 aromatic carbocycles. The van der Waals surface area contributed by atoms with Crippen LogP contribution in [0.2, 0.25) is 10.0 Å². The van der Waals surface area contributed by atoms with Crippen molar-refractivity contribution in [2.24, 2.45) is 0 Å². The van der Waals surface area contributed by atoms with Crippen molar-refractivity contribution in [3.63, 3.8) is 0 Å². The Balaban J connectivity index is 1.75.